The molecule has 1 aromatic heterocycles. The molecule has 0 unspecified atom stereocenters. The molecule has 1 aliphatic heterocycles. The molecule has 23 heavy (non-hydrogen) atoms. The SMILES string of the molecule is CNC(=O)CN1CCC(NC(=O)N(C)[C@@H](C)c2cccs2)CC1. The van der Waals surface area contributed by atoms with E-state index in [-0.39, 0.29) is 24.0 Å². The Balaban J connectivity index is 1.77. The quantitative estimate of drug-likeness (QED) is 0.858. The number of carbonyl (C=O) groups excluding carboxylic acids is 2. The van der Waals surface area contributed by atoms with E-state index in [9.17, 15) is 9.59 Å². The van der Waals surface area contributed by atoms with Gasteiger partial charge in [0.25, 0.3) is 0 Å². The predicted molar refractivity (Wildman–Crippen MR) is 92.6 cm³/mol. The number of amides is 3. The van der Waals surface area contributed by atoms with Crippen LogP contribution in [0.5, 0.6) is 0 Å². The average Bonchev–Trinajstić information content (AvgIpc) is 3.09. The lowest BCUT2D eigenvalue weighted by atomic mass is 10.1. The summed E-state index contributed by atoms with van der Waals surface area (Å²) in [7, 11) is 3.49. The number of nitrogens with one attached hydrogen (secondary N) is 2. The highest BCUT2D eigenvalue weighted by molar-refractivity contribution is 7.10. The maximum Gasteiger partial charge on any atom is 0.317 e. The van der Waals surface area contributed by atoms with Crippen LogP contribution in [0.25, 0.3) is 0 Å². The molecule has 0 bridgehead atoms. The first-order chi connectivity index (χ1) is 11.0. The lowest BCUT2D eigenvalue weighted by Gasteiger charge is -2.33. The molecule has 0 spiro atoms. The van der Waals surface area contributed by atoms with Crippen LogP contribution in [-0.2, 0) is 4.79 Å². The fourth-order valence-electron chi connectivity index (χ4n) is 2.69. The second kappa shape index (κ2) is 8.31. The number of rotatable bonds is 5. The highest BCUT2D eigenvalue weighted by Gasteiger charge is 2.24. The zero-order chi connectivity index (χ0) is 16.8. The summed E-state index contributed by atoms with van der Waals surface area (Å²) in [5.41, 5.74) is 0. The first-order valence-electron chi connectivity index (χ1n) is 8.01. The average molecular weight is 338 g/mol. The summed E-state index contributed by atoms with van der Waals surface area (Å²) >= 11 is 1.66. The molecular formula is C16H26N4O2S. The number of piperidine rings is 1. The van der Waals surface area contributed by atoms with Crippen molar-refractivity contribution >= 4 is 23.3 Å². The summed E-state index contributed by atoms with van der Waals surface area (Å²) in [5.74, 6) is 0.0389. The summed E-state index contributed by atoms with van der Waals surface area (Å²) < 4.78 is 0. The minimum absolute atomic E-state index is 0.0318. The Bertz CT molecular complexity index is 512. The molecule has 2 heterocycles. The van der Waals surface area contributed by atoms with Crippen molar-refractivity contribution in [1.29, 1.82) is 0 Å². The zero-order valence-corrected chi connectivity index (χ0v) is 14.9. The van der Waals surface area contributed by atoms with E-state index in [0.717, 1.165) is 25.9 Å². The van der Waals surface area contributed by atoms with Gasteiger partial charge in [0.1, 0.15) is 0 Å². The molecule has 7 heteroatoms. The number of urea groups is 1. The van der Waals surface area contributed by atoms with Crippen molar-refractivity contribution in [2.45, 2.75) is 31.8 Å². The van der Waals surface area contributed by atoms with E-state index in [1.165, 1.54) is 4.88 Å². The van der Waals surface area contributed by atoms with E-state index in [4.69, 9.17) is 0 Å². The number of carbonyl (C=O) groups is 2. The molecular weight excluding hydrogens is 312 g/mol. The monoisotopic (exact) mass is 338 g/mol. The van der Waals surface area contributed by atoms with Crippen LogP contribution in [0, 0.1) is 0 Å². The molecule has 0 aromatic carbocycles. The maximum absolute atomic E-state index is 12.4. The molecule has 0 aliphatic carbocycles. The van der Waals surface area contributed by atoms with Crippen molar-refractivity contribution in [3.05, 3.63) is 22.4 Å². The van der Waals surface area contributed by atoms with Gasteiger partial charge in [-0.15, -0.1) is 11.3 Å². The number of likely N-dealkylation sites (N-methyl/N-ethyl adjacent to an activating group) is 1. The van der Waals surface area contributed by atoms with Crippen LogP contribution in [-0.4, -0.2) is 61.5 Å². The highest BCUT2D eigenvalue weighted by Crippen LogP contribution is 2.23. The first-order valence-corrected chi connectivity index (χ1v) is 8.89. The third-order valence-electron chi connectivity index (χ3n) is 4.42. The van der Waals surface area contributed by atoms with Gasteiger partial charge in [-0.05, 0) is 31.2 Å². The van der Waals surface area contributed by atoms with Gasteiger partial charge in [0.15, 0.2) is 0 Å². The molecule has 0 saturated carbocycles. The van der Waals surface area contributed by atoms with Gasteiger partial charge in [0, 0.05) is 38.1 Å². The number of nitrogens with zero attached hydrogens (tertiary/aromatic N) is 2. The summed E-state index contributed by atoms with van der Waals surface area (Å²) in [6.45, 7) is 4.15. The Morgan fingerprint density at radius 3 is 2.70 bits per heavy atom. The van der Waals surface area contributed by atoms with Gasteiger partial charge >= 0.3 is 6.03 Å². The van der Waals surface area contributed by atoms with Gasteiger partial charge < -0.3 is 15.5 Å². The molecule has 1 aliphatic rings. The van der Waals surface area contributed by atoms with Crippen molar-refractivity contribution in [1.82, 2.24) is 20.4 Å². The minimum atomic E-state index is -0.0318. The first kappa shape index (κ1) is 17.7. The number of likely N-dealkylation sites (tertiary alicyclic amines) is 1. The van der Waals surface area contributed by atoms with Gasteiger partial charge in [-0.25, -0.2) is 4.79 Å². The summed E-state index contributed by atoms with van der Waals surface area (Å²) in [6, 6.07) is 4.28. The fraction of sp³-hybridized carbons (Fsp3) is 0.625. The van der Waals surface area contributed by atoms with Gasteiger partial charge in [-0.1, -0.05) is 6.07 Å². The van der Waals surface area contributed by atoms with Crippen molar-refractivity contribution in [3.63, 3.8) is 0 Å². The fourth-order valence-corrected chi connectivity index (χ4v) is 3.52. The standard InChI is InChI=1S/C16H26N4O2S/c1-12(14-5-4-10-23-14)19(3)16(22)18-13-6-8-20(9-7-13)11-15(21)17-2/h4-5,10,12-13H,6-9,11H2,1-3H3,(H,17,21)(H,18,22)/t12-/m0/s1. The Kier molecular flexibility index (Phi) is 6.41. The maximum atomic E-state index is 12.4. The second-order valence-electron chi connectivity index (χ2n) is 5.98. The predicted octanol–water partition coefficient (Wildman–Crippen LogP) is 1.66. The van der Waals surface area contributed by atoms with Crippen molar-refractivity contribution in [3.8, 4) is 0 Å². The zero-order valence-electron chi connectivity index (χ0n) is 14.0. The Labute approximate surface area is 141 Å². The molecule has 0 radical (unpaired) electrons. The minimum Gasteiger partial charge on any atom is -0.358 e. The van der Waals surface area contributed by atoms with Crippen LogP contribution in [0.15, 0.2) is 17.5 Å². The van der Waals surface area contributed by atoms with Crippen molar-refractivity contribution < 1.29 is 9.59 Å². The molecule has 1 fully saturated rings. The molecule has 1 atom stereocenters. The normalized spacial score (nSPS) is 17.5. The lowest BCUT2D eigenvalue weighted by molar-refractivity contribution is -0.122. The van der Waals surface area contributed by atoms with Gasteiger partial charge in [0.05, 0.1) is 12.6 Å². The Morgan fingerprint density at radius 2 is 2.13 bits per heavy atom. The summed E-state index contributed by atoms with van der Waals surface area (Å²) in [6.07, 6.45) is 1.76. The smallest absolute Gasteiger partial charge is 0.317 e. The molecule has 3 amide bonds. The molecule has 2 rings (SSSR count). The van der Waals surface area contributed by atoms with E-state index < -0.39 is 0 Å². The van der Waals surface area contributed by atoms with E-state index >= 15 is 0 Å². The molecule has 128 valence electrons. The van der Waals surface area contributed by atoms with Crippen LogP contribution in [0.1, 0.15) is 30.7 Å². The Morgan fingerprint density at radius 1 is 1.43 bits per heavy atom. The van der Waals surface area contributed by atoms with Crippen LogP contribution < -0.4 is 10.6 Å². The number of hydrogen-bond acceptors (Lipinski definition) is 4. The highest BCUT2D eigenvalue weighted by atomic mass is 32.1. The number of thiophene rings is 1. The molecule has 1 aromatic rings. The topological polar surface area (TPSA) is 64.7 Å². The lowest BCUT2D eigenvalue weighted by Crippen LogP contribution is -2.50. The van der Waals surface area contributed by atoms with Crippen LogP contribution in [0.4, 0.5) is 4.79 Å². The number of hydrogen-bond donors (Lipinski definition) is 2. The third kappa shape index (κ3) is 4.94. The van der Waals surface area contributed by atoms with E-state index in [2.05, 4.69) is 21.6 Å². The van der Waals surface area contributed by atoms with Crippen molar-refractivity contribution in [2.75, 3.05) is 33.7 Å². The van der Waals surface area contributed by atoms with Crippen LogP contribution in [0.3, 0.4) is 0 Å². The van der Waals surface area contributed by atoms with E-state index in [1.807, 2.05) is 25.4 Å². The second-order valence-corrected chi connectivity index (χ2v) is 6.95. The largest absolute Gasteiger partial charge is 0.358 e. The third-order valence-corrected chi connectivity index (χ3v) is 5.46. The molecule has 2 N–H and O–H groups in total. The van der Waals surface area contributed by atoms with E-state index in [0.29, 0.717) is 6.54 Å². The van der Waals surface area contributed by atoms with E-state index in [1.54, 1.807) is 23.3 Å². The summed E-state index contributed by atoms with van der Waals surface area (Å²) in [5, 5.41) is 7.78. The van der Waals surface area contributed by atoms with Gasteiger partial charge in [-0.3, -0.25) is 9.69 Å². The molecule has 6 nitrogen and oxygen atoms in total. The van der Waals surface area contributed by atoms with Gasteiger partial charge in [-0.2, -0.15) is 0 Å². The van der Waals surface area contributed by atoms with Crippen molar-refractivity contribution in [2.24, 2.45) is 0 Å². The molecule has 1 saturated heterocycles. The van der Waals surface area contributed by atoms with Gasteiger partial charge in [0.2, 0.25) is 5.91 Å². The Hall–Kier alpha value is -1.60. The van der Waals surface area contributed by atoms with Crippen LogP contribution in [0.2, 0.25) is 0 Å². The summed E-state index contributed by atoms with van der Waals surface area (Å²) in [4.78, 5) is 28.8. The van der Waals surface area contributed by atoms with Crippen LogP contribution >= 0.6 is 11.3 Å².